The standard InChI is InChI=1S/C50H55N2O4P/c1-46(2,3)26-16-18-31-35(22-26)55-41-29(49(10,11)12)24-37-44-39(41)51(31)33-20-28(48(7,8)9)21-34-43(33)57(44,53)45-38(54-37)25-30(50(13,14)15)42-40(45)52(34)32-19-17-27(47(4,5)6)23-36(32)56-42/h16-25H,1-15H3. The Kier molecular flexibility index (Phi) is 6.87. The van der Waals surface area contributed by atoms with Crippen LogP contribution in [0.3, 0.4) is 0 Å². The lowest BCUT2D eigenvalue weighted by atomic mass is 9.83. The van der Waals surface area contributed by atoms with Crippen molar-refractivity contribution < 1.29 is 18.8 Å². The Morgan fingerprint density at radius 3 is 1.14 bits per heavy atom. The summed E-state index contributed by atoms with van der Waals surface area (Å²) in [4.78, 5) is 4.71. The van der Waals surface area contributed by atoms with Crippen molar-refractivity contribution in [3.8, 4) is 34.5 Å². The zero-order valence-electron chi connectivity index (χ0n) is 36.2. The van der Waals surface area contributed by atoms with Crippen molar-refractivity contribution in [1.29, 1.82) is 0 Å². The number of benzene rings is 5. The fourth-order valence-corrected chi connectivity index (χ4v) is 12.8. The summed E-state index contributed by atoms with van der Waals surface area (Å²) in [6.45, 7) is 33.5. The molecule has 0 amide bonds. The van der Waals surface area contributed by atoms with Gasteiger partial charge in [-0.05, 0) is 92.3 Å². The lowest BCUT2D eigenvalue weighted by Crippen LogP contribution is -2.47. The van der Waals surface area contributed by atoms with Crippen molar-refractivity contribution in [3.63, 3.8) is 0 Å². The number of ether oxygens (including phenoxy) is 3. The highest BCUT2D eigenvalue weighted by Crippen LogP contribution is 2.72. The van der Waals surface area contributed by atoms with Crippen LogP contribution in [-0.2, 0) is 31.6 Å². The summed E-state index contributed by atoms with van der Waals surface area (Å²) in [5, 5.41) is 2.26. The van der Waals surface area contributed by atoms with Crippen molar-refractivity contribution in [3.05, 3.63) is 88.5 Å². The van der Waals surface area contributed by atoms with E-state index in [9.17, 15) is 0 Å². The van der Waals surface area contributed by atoms with E-state index in [1.807, 2.05) is 0 Å². The van der Waals surface area contributed by atoms with Gasteiger partial charge in [-0.15, -0.1) is 0 Å². The average molecular weight is 779 g/mol. The summed E-state index contributed by atoms with van der Waals surface area (Å²) < 4.78 is 38.8. The third-order valence-electron chi connectivity index (χ3n) is 12.6. The molecular formula is C50H55N2O4P. The first-order valence-corrected chi connectivity index (χ1v) is 22.2. The monoisotopic (exact) mass is 778 g/mol. The number of hydrogen-bond acceptors (Lipinski definition) is 6. The van der Waals surface area contributed by atoms with Gasteiger partial charge in [0.2, 0.25) is 0 Å². The minimum Gasteiger partial charge on any atom is -0.456 e. The summed E-state index contributed by atoms with van der Waals surface area (Å²) in [5.41, 5.74) is 9.89. The number of anilines is 6. The quantitative estimate of drug-likeness (QED) is 0.143. The van der Waals surface area contributed by atoms with Crippen molar-refractivity contribution in [2.45, 2.75) is 131 Å². The Bertz CT molecular complexity index is 2550. The van der Waals surface area contributed by atoms with Gasteiger partial charge in [0, 0.05) is 11.1 Å². The normalized spacial score (nSPS) is 16.5. The van der Waals surface area contributed by atoms with Crippen LogP contribution in [0.5, 0.6) is 34.5 Å². The van der Waals surface area contributed by atoms with Crippen LogP contribution in [-0.4, -0.2) is 0 Å². The summed E-state index contributed by atoms with van der Waals surface area (Å²) in [6, 6.07) is 22.1. The van der Waals surface area contributed by atoms with Gasteiger partial charge < -0.3 is 28.6 Å². The van der Waals surface area contributed by atoms with Crippen LogP contribution in [0.4, 0.5) is 34.1 Å². The summed E-state index contributed by atoms with van der Waals surface area (Å²) in [7, 11) is -3.65. The molecule has 0 atom stereocenters. The van der Waals surface area contributed by atoms with E-state index in [1.54, 1.807) is 0 Å². The molecule has 0 aliphatic carbocycles. The maximum atomic E-state index is 17.3. The molecular weight excluding hydrogens is 724 g/mol. The predicted molar refractivity (Wildman–Crippen MR) is 236 cm³/mol. The molecule has 5 aromatic rings. The predicted octanol–water partition coefficient (Wildman–Crippen LogP) is 13.7. The first-order chi connectivity index (χ1) is 26.3. The Balaban J connectivity index is 1.41. The van der Waals surface area contributed by atoms with Crippen molar-refractivity contribution in [2.75, 3.05) is 9.80 Å². The van der Waals surface area contributed by atoms with E-state index in [-0.39, 0.29) is 27.1 Å². The highest BCUT2D eigenvalue weighted by Gasteiger charge is 2.59. The molecule has 57 heavy (non-hydrogen) atoms. The van der Waals surface area contributed by atoms with E-state index in [2.05, 4.69) is 174 Å². The molecule has 0 saturated carbocycles. The molecule has 0 fully saturated rings. The molecule has 7 heteroatoms. The van der Waals surface area contributed by atoms with Crippen LogP contribution in [0.15, 0.2) is 60.7 Å². The van der Waals surface area contributed by atoms with Gasteiger partial charge in [-0.2, -0.15) is 0 Å². The van der Waals surface area contributed by atoms with Gasteiger partial charge in [0.15, 0.2) is 30.1 Å². The zero-order chi connectivity index (χ0) is 40.9. The number of hydrogen-bond donors (Lipinski definition) is 0. The molecule has 0 spiro atoms. The molecule has 5 aliphatic rings. The van der Waals surface area contributed by atoms with Crippen LogP contribution in [0.1, 0.15) is 132 Å². The van der Waals surface area contributed by atoms with Gasteiger partial charge in [-0.1, -0.05) is 116 Å². The Labute approximate surface area is 338 Å². The lowest BCUT2D eigenvalue weighted by Gasteiger charge is -2.51. The molecule has 5 aromatic carbocycles. The van der Waals surface area contributed by atoms with Crippen LogP contribution < -0.4 is 39.9 Å². The zero-order valence-corrected chi connectivity index (χ0v) is 37.1. The van der Waals surface area contributed by atoms with E-state index in [1.165, 1.54) is 11.1 Å². The Hall–Kier alpha value is -4.67. The largest absolute Gasteiger partial charge is 0.456 e. The van der Waals surface area contributed by atoms with Crippen LogP contribution in [0.2, 0.25) is 0 Å². The molecule has 0 bridgehead atoms. The third-order valence-corrected chi connectivity index (χ3v) is 15.8. The van der Waals surface area contributed by atoms with E-state index in [4.69, 9.17) is 14.2 Å². The van der Waals surface area contributed by atoms with E-state index >= 15 is 4.57 Å². The molecule has 0 unspecified atom stereocenters. The first kappa shape index (κ1) is 36.7. The minimum absolute atomic E-state index is 0.0849. The number of rotatable bonds is 0. The van der Waals surface area contributed by atoms with E-state index < -0.39 is 7.14 Å². The first-order valence-electron chi connectivity index (χ1n) is 20.5. The second-order valence-electron chi connectivity index (χ2n) is 22.0. The number of fused-ring (bicyclic) bond motifs is 6. The summed E-state index contributed by atoms with van der Waals surface area (Å²) >= 11 is 0. The summed E-state index contributed by atoms with van der Waals surface area (Å²) in [6.07, 6.45) is 0. The highest BCUT2D eigenvalue weighted by atomic mass is 31.2. The minimum atomic E-state index is -3.65. The molecule has 0 saturated heterocycles. The van der Waals surface area contributed by atoms with Crippen LogP contribution >= 0.6 is 7.14 Å². The Morgan fingerprint density at radius 2 is 0.789 bits per heavy atom. The number of nitrogens with zero attached hydrogens (tertiary/aromatic N) is 2. The molecule has 6 nitrogen and oxygen atoms in total. The molecule has 10 rings (SSSR count). The lowest BCUT2D eigenvalue weighted by molar-refractivity contribution is 0.434. The molecule has 0 aromatic heterocycles. The second kappa shape index (κ2) is 10.7. The molecule has 294 valence electrons. The van der Waals surface area contributed by atoms with Gasteiger partial charge in [-0.25, -0.2) is 0 Å². The highest BCUT2D eigenvalue weighted by molar-refractivity contribution is 7.87. The van der Waals surface area contributed by atoms with Gasteiger partial charge in [0.1, 0.15) is 22.9 Å². The molecule has 0 radical (unpaired) electrons. The second-order valence-corrected chi connectivity index (χ2v) is 24.5. The van der Waals surface area contributed by atoms with Crippen LogP contribution in [0, 0.1) is 0 Å². The fraction of sp³-hybridized carbons (Fsp3) is 0.400. The van der Waals surface area contributed by atoms with E-state index in [0.717, 1.165) is 79.1 Å². The van der Waals surface area contributed by atoms with Crippen molar-refractivity contribution >= 4 is 57.2 Å². The van der Waals surface area contributed by atoms with E-state index in [0.29, 0.717) is 22.1 Å². The maximum absolute atomic E-state index is 17.3. The SMILES string of the molecule is CC(C)(C)c1ccc2c(c1)Oc1c(C(C)(C)C)cc3c4c1N2c1cc(C(C)(C)C)cc2c1P4(=O)c1c(cc(C(C)(C)C)c4c1N2c1ccc(C(C)(C)C)cc1O4)O3. The van der Waals surface area contributed by atoms with Gasteiger partial charge in [0.05, 0.1) is 38.7 Å². The summed E-state index contributed by atoms with van der Waals surface area (Å²) in [5.74, 6) is 4.35. The van der Waals surface area contributed by atoms with Crippen molar-refractivity contribution in [2.24, 2.45) is 0 Å². The topological polar surface area (TPSA) is 51.2 Å². The Morgan fingerprint density at radius 1 is 0.404 bits per heavy atom. The average Bonchev–Trinajstić information content (AvgIpc) is 3.08. The third kappa shape index (κ3) is 4.80. The van der Waals surface area contributed by atoms with Crippen molar-refractivity contribution in [1.82, 2.24) is 0 Å². The van der Waals surface area contributed by atoms with Gasteiger partial charge in [0.25, 0.3) is 0 Å². The van der Waals surface area contributed by atoms with Gasteiger partial charge in [-0.3, -0.25) is 0 Å². The smallest absolute Gasteiger partial charge is 0.186 e. The molecule has 0 N–H and O–H groups in total. The van der Waals surface area contributed by atoms with Gasteiger partial charge >= 0.3 is 0 Å². The molecule has 5 aliphatic heterocycles. The van der Waals surface area contributed by atoms with Crippen LogP contribution in [0.25, 0.3) is 0 Å². The fourth-order valence-electron chi connectivity index (χ4n) is 9.34. The molecule has 5 heterocycles. The maximum Gasteiger partial charge on any atom is 0.186 e.